The van der Waals surface area contributed by atoms with E-state index in [9.17, 15) is 4.79 Å². The molecule has 0 radical (unpaired) electrons. The molecule has 22 heavy (non-hydrogen) atoms. The predicted molar refractivity (Wildman–Crippen MR) is 88.8 cm³/mol. The van der Waals surface area contributed by atoms with E-state index in [-0.39, 0.29) is 12.8 Å². The van der Waals surface area contributed by atoms with Gasteiger partial charge in [-0.3, -0.25) is 4.90 Å². The Morgan fingerprint density at radius 1 is 1.05 bits per heavy atom. The van der Waals surface area contributed by atoms with Crippen molar-refractivity contribution in [3.8, 4) is 0 Å². The van der Waals surface area contributed by atoms with Crippen LogP contribution in [0.2, 0.25) is 0 Å². The van der Waals surface area contributed by atoms with Crippen molar-refractivity contribution < 1.29 is 9.53 Å². The summed E-state index contributed by atoms with van der Waals surface area (Å²) in [5.41, 5.74) is 1.37. The highest BCUT2D eigenvalue weighted by atomic mass is 16.5. The van der Waals surface area contributed by atoms with Gasteiger partial charge in [0.15, 0.2) is 0 Å². The van der Waals surface area contributed by atoms with Gasteiger partial charge in [-0.1, -0.05) is 48.5 Å². The van der Waals surface area contributed by atoms with Gasteiger partial charge in [0.1, 0.15) is 6.73 Å². The first-order valence-electron chi connectivity index (χ1n) is 7.24. The quantitative estimate of drug-likeness (QED) is 0.854. The monoisotopic (exact) mass is 298 g/mol. The van der Waals surface area contributed by atoms with E-state index in [1.54, 1.807) is 12.0 Å². The molecule has 0 unspecified atom stereocenters. The zero-order valence-electron chi connectivity index (χ0n) is 13.2. The summed E-state index contributed by atoms with van der Waals surface area (Å²) in [6, 6.07) is 19.2. The Morgan fingerprint density at radius 3 is 2.14 bits per heavy atom. The lowest BCUT2D eigenvalue weighted by Crippen LogP contribution is -2.49. The van der Waals surface area contributed by atoms with Crippen LogP contribution in [-0.4, -0.2) is 19.9 Å². The topological polar surface area (TPSA) is 41.6 Å². The number of rotatable bonds is 5. The Kier molecular flexibility index (Phi) is 5.17. The fraction of sp³-hybridized carbons (Fsp3) is 0.278. The molecule has 0 atom stereocenters. The number of benzene rings is 2. The molecule has 2 amide bonds. The van der Waals surface area contributed by atoms with E-state index in [4.69, 9.17) is 4.74 Å². The molecule has 2 aromatic carbocycles. The van der Waals surface area contributed by atoms with Crippen molar-refractivity contribution >= 4 is 11.7 Å². The average molecular weight is 298 g/mol. The summed E-state index contributed by atoms with van der Waals surface area (Å²) in [5, 5.41) is 3.06. The molecule has 0 bridgehead atoms. The zero-order valence-corrected chi connectivity index (χ0v) is 13.2. The van der Waals surface area contributed by atoms with Crippen LogP contribution in [-0.2, 0) is 10.3 Å². The second-order valence-electron chi connectivity index (χ2n) is 5.60. The Morgan fingerprint density at radius 2 is 1.59 bits per heavy atom. The number of hydrogen-bond donors (Lipinski definition) is 1. The van der Waals surface area contributed by atoms with Crippen molar-refractivity contribution in [2.45, 2.75) is 19.4 Å². The number of para-hydroxylation sites is 1. The van der Waals surface area contributed by atoms with Crippen molar-refractivity contribution in [2.24, 2.45) is 0 Å². The third kappa shape index (κ3) is 3.86. The van der Waals surface area contributed by atoms with Crippen LogP contribution >= 0.6 is 0 Å². The number of nitrogens with zero attached hydrogens (tertiary/aromatic N) is 1. The molecule has 1 N–H and O–H groups in total. The summed E-state index contributed by atoms with van der Waals surface area (Å²) in [5.74, 6) is 0. The molecule has 4 nitrogen and oxygen atoms in total. The van der Waals surface area contributed by atoms with Crippen LogP contribution in [0, 0.1) is 0 Å². The molecular formula is C18H22N2O2. The van der Waals surface area contributed by atoms with Crippen molar-refractivity contribution in [3.63, 3.8) is 0 Å². The molecule has 2 rings (SSSR count). The highest BCUT2D eigenvalue weighted by Gasteiger charge is 2.26. The van der Waals surface area contributed by atoms with Gasteiger partial charge >= 0.3 is 6.03 Å². The third-order valence-corrected chi connectivity index (χ3v) is 3.49. The molecule has 0 aliphatic carbocycles. The maximum absolute atomic E-state index is 12.7. The Hall–Kier alpha value is -2.33. The predicted octanol–water partition coefficient (Wildman–Crippen LogP) is 3.74. The normalized spacial score (nSPS) is 11.0. The number of methoxy groups -OCH3 is 1. The van der Waals surface area contributed by atoms with Crippen LogP contribution in [0.15, 0.2) is 60.7 Å². The van der Waals surface area contributed by atoms with E-state index < -0.39 is 5.54 Å². The fourth-order valence-corrected chi connectivity index (χ4v) is 2.25. The summed E-state index contributed by atoms with van der Waals surface area (Å²) in [6.07, 6.45) is 0. The van der Waals surface area contributed by atoms with E-state index in [0.717, 1.165) is 11.3 Å². The van der Waals surface area contributed by atoms with Gasteiger partial charge < -0.3 is 10.1 Å². The minimum atomic E-state index is -0.473. The summed E-state index contributed by atoms with van der Waals surface area (Å²) in [4.78, 5) is 14.2. The van der Waals surface area contributed by atoms with E-state index in [1.165, 1.54) is 0 Å². The minimum absolute atomic E-state index is 0.193. The number of amides is 2. The molecule has 0 aromatic heterocycles. The average Bonchev–Trinajstić information content (AvgIpc) is 2.54. The van der Waals surface area contributed by atoms with Gasteiger partial charge in [0.2, 0.25) is 0 Å². The highest BCUT2D eigenvalue weighted by molar-refractivity contribution is 5.92. The SMILES string of the molecule is COCN(C(=O)NC(C)(C)c1ccccc1)c1ccccc1. The molecule has 0 saturated heterocycles. The van der Waals surface area contributed by atoms with Crippen LogP contribution in [0.4, 0.5) is 10.5 Å². The van der Waals surface area contributed by atoms with E-state index in [0.29, 0.717) is 0 Å². The second kappa shape index (κ2) is 7.09. The summed E-state index contributed by atoms with van der Waals surface area (Å²) < 4.78 is 5.16. The van der Waals surface area contributed by atoms with Crippen molar-refractivity contribution in [1.29, 1.82) is 0 Å². The lowest BCUT2D eigenvalue weighted by molar-refractivity contribution is 0.187. The molecule has 116 valence electrons. The molecule has 0 fully saturated rings. The lowest BCUT2D eigenvalue weighted by Gasteiger charge is -2.31. The van der Waals surface area contributed by atoms with E-state index in [2.05, 4.69) is 5.32 Å². The summed E-state index contributed by atoms with van der Waals surface area (Å²) in [7, 11) is 1.57. The zero-order chi connectivity index (χ0) is 16.0. The molecular weight excluding hydrogens is 276 g/mol. The molecule has 4 heteroatoms. The number of ether oxygens (including phenoxy) is 1. The van der Waals surface area contributed by atoms with Crippen LogP contribution < -0.4 is 10.2 Å². The maximum Gasteiger partial charge on any atom is 0.324 e. The molecule has 0 aliphatic heterocycles. The Balaban J connectivity index is 2.18. The highest BCUT2D eigenvalue weighted by Crippen LogP contribution is 2.21. The molecule has 0 spiro atoms. The van der Waals surface area contributed by atoms with Crippen molar-refractivity contribution in [1.82, 2.24) is 5.32 Å². The lowest BCUT2D eigenvalue weighted by atomic mass is 9.94. The fourth-order valence-electron chi connectivity index (χ4n) is 2.25. The van der Waals surface area contributed by atoms with Crippen LogP contribution in [0.3, 0.4) is 0 Å². The Bertz CT molecular complexity index is 597. The Labute approximate surface area is 131 Å². The number of carbonyl (C=O) groups is 1. The van der Waals surface area contributed by atoms with Crippen molar-refractivity contribution in [2.75, 3.05) is 18.7 Å². The molecule has 0 heterocycles. The van der Waals surface area contributed by atoms with Crippen molar-refractivity contribution in [3.05, 3.63) is 66.2 Å². The molecule has 0 aliphatic rings. The van der Waals surface area contributed by atoms with Gasteiger partial charge in [-0.05, 0) is 31.5 Å². The van der Waals surface area contributed by atoms with Gasteiger partial charge in [-0.15, -0.1) is 0 Å². The maximum atomic E-state index is 12.7. The van der Waals surface area contributed by atoms with Gasteiger partial charge in [0.05, 0.1) is 5.54 Å². The van der Waals surface area contributed by atoms with Crippen LogP contribution in [0.5, 0.6) is 0 Å². The van der Waals surface area contributed by atoms with Crippen LogP contribution in [0.1, 0.15) is 19.4 Å². The van der Waals surface area contributed by atoms with Gasteiger partial charge in [-0.25, -0.2) is 4.79 Å². The number of nitrogens with one attached hydrogen (secondary N) is 1. The first-order chi connectivity index (χ1) is 10.5. The standard InChI is InChI=1S/C18H22N2O2/c1-18(2,15-10-6-4-7-11-15)19-17(21)20(14-22-3)16-12-8-5-9-13-16/h4-13H,14H2,1-3H3,(H,19,21). The van der Waals surface area contributed by atoms with Gasteiger partial charge in [-0.2, -0.15) is 0 Å². The van der Waals surface area contributed by atoms with E-state index in [1.807, 2.05) is 74.5 Å². The van der Waals surface area contributed by atoms with E-state index >= 15 is 0 Å². The number of hydrogen-bond acceptors (Lipinski definition) is 2. The number of anilines is 1. The summed E-state index contributed by atoms with van der Waals surface area (Å²) >= 11 is 0. The van der Waals surface area contributed by atoms with Crippen LogP contribution in [0.25, 0.3) is 0 Å². The van der Waals surface area contributed by atoms with Gasteiger partial charge in [0.25, 0.3) is 0 Å². The van der Waals surface area contributed by atoms with Gasteiger partial charge in [0, 0.05) is 12.8 Å². The minimum Gasteiger partial charge on any atom is -0.364 e. The molecule has 2 aromatic rings. The smallest absolute Gasteiger partial charge is 0.324 e. The first-order valence-corrected chi connectivity index (χ1v) is 7.24. The second-order valence-corrected chi connectivity index (χ2v) is 5.60. The molecule has 0 saturated carbocycles. The third-order valence-electron chi connectivity index (χ3n) is 3.49. The largest absolute Gasteiger partial charge is 0.364 e. The number of urea groups is 1. The number of carbonyl (C=O) groups excluding carboxylic acids is 1. The summed E-state index contributed by atoms with van der Waals surface area (Å²) in [6.45, 7) is 4.16. The first kappa shape index (κ1) is 16.0.